The van der Waals surface area contributed by atoms with Gasteiger partial charge in [0.2, 0.25) is 11.8 Å². The maximum Gasteiger partial charge on any atom is 0.248 e. The summed E-state index contributed by atoms with van der Waals surface area (Å²) < 4.78 is 0. The topological polar surface area (TPSA) is 88.3 Å². The van der Waals surface area contributed by atoms with Gasteiger partial charge in [-0.2, -0.15) is 0 Å². The molecule has 7 heteroatoms. The molecule has 1 aromatic carbocycles. The summed E-state index contributed by atoms with van der Waals surface area (Å²) in [6.45, 7) is 5.57. The molecule has 1 heterocycles. The highest BCUT2D eigenvalue weighted by atomic mass is 32.1. The average Bonchev–Trinajstić information content (AvgIpc) is 2.99. The second-order valence-corrected chi connectivity index (χ2v) is 6.17. The maximum atomic E-state index is 12.8. The number of rotatable bonds is 8. The van der Waals surface area contributed by atoms with Crippen molar-refractivity contribution in [2.45, 2.75) is 26.3 Å². The van der Waals surface area contributed by atoms with E-state index in [1.165, 1.54) is 11.3 Å². The number of hydrogen-bond donors (Lipinski definition) is 2. The van der Waals surface area contributed by atoms with Gasteiger partial charge < -0.3 is 11.1 Å². The van der Waals surface area contributed by atoms with Gasteiger partial charge in [0.1, 0.15) is 6.04 Å². The fraction of sp³-hybridized carbons (Fsp3) is 0.353. The maximum absolute atomic E-state index is 12.8. The summed E-state index contributed by atoms with van der Waals surface area (Å²) in [5.74, 6) is -0.576. The Hall–Kier alpha value is -2.25. The van der Waals surface area contributed by atoms with Gasteiger partial charge in [-0.1, -0.05) is 44.2 Å². The van der Waals surface area contributed by atoms with Gasteiger partial charge >= 0.3 is 0 Å². The van der Waals surface area contributed by atoms with Crippen molar-refractivity contribution >= 4 is 28.3 Å². The van der Waals surface area contributed by atoms with E-state index in [4.69, 9.17) is 5.73 Å². The largest absolute Gasteiger partial charge is 0.369 e. The SMILES string of the molecule is CCN(CC)C(C(=O)Nc1nc(CC(N)=O)cs1)c1ccccc1. The van der Waals surface area contributed by atoms with Crippen LogP contribution in [0.5, 0.6) is 0 Å². The summed E-state index contributed by atoms with van der Waals surface area (Å²) in [5, 5.41) is 5.07. The van der Waals surface area contributed by atoms with Gasteiger partial charge in [0.25, 0.3) is 0 Å². The smallest absolute Gasteiger partial charge is 0.248 e. The molecule has 1 aromatic heterocycles. The van der Waals surface area contributed by atoms with Crippen LogP contribution in [0.4, 0.5) is 5.13 Å². The van der Waals surface area contributed by atoms with Gasteiger partial charge in [-0.05, 0) is 18.7 Å². The van der Waals surface area contributed by atoms with Crippen molar-refractivity contribution in [2.24, 2.45) is 5.73 Å². The van der Waals surface area contributed by atoms with Crippen LogP contribution in [0.3, 0.4) is 0 Å². The highest BCUT2D eigenvalue weighted by Crippen LogP contribution is 2.24. The van der Waals surface area contributed by atoms with E-state index in [1.54, 1.807) is 5.38 Å². The van der Waals surface area contributed by atoms with Crippen molar-refractivity contribution in [3.05, 3.63) is 47.0 Å². The Bertz CT molecular complexity index is 683. The summed E-state index contributed by atoms with van der Waals surface area (Å²) in [4.78, 5) is 30.1. The number of hydrogen-bond acceptors (Lipinski definition) is 5. The van der Waals surface area contributed by atoms with Crippen molar-refractivity contribution in [2.75, 3.05) is 18.4 Å². The number of benzene rings is 1. The molecule has 0 spiro atoms. The first-order valence-electron chi connectivity index (χ1n) is 7.87. The Morgan fingerprint density at radius 3 is 2.50 bits per heavy atom. The second-order valence-electron chi connectivity index (χ2n) is 5.31. The van der Waals surface area contributed by atoms with Crippen molar-refractivity contribution in [3.63, 3.8) is 0 Å². The predicted octanol–water partition coefficient (Wildman–Crippen LogP) is 2.19. The fourth-order valence-corrected chi connectivity index (χ4v) is 3.26. The lowest BCUT2D eigenvalue weighted by Crippen LogP contribution is -2.37. The molecule has 0 radical (unpaired) electrons. The number of aromatic nitrogens is 1. The molecule has 2 aromatic rings. The molecule has 1 unspecified atom stereocenters. The Morgan fingerprint density at radius 2 is 1.92 bits per heavy atom. The van der Waals surface area contributed by atoms with Crippen LogP contribution in [0, 0.1) is 0 Å². The molecule has 0 saturated carbocycles. The van der Waals surface area contributed by atoms with Crippen molar-refractivity contribution in [1.82, 2.24) is 9.88 Å². The lowest BCUT2D eigenvalue weighted by Gasteiger charge is -2.28. The van der Waals surface area contributed by atoms with E-state index in [0.29, 0.717) is 10.8 Å². The second kappa shape index (κ2) is 8.56. The molecule has 6 nitrogen and oxygen atoms in total. The van der Waals surface area contributed by atoms with Crippen molar-refractivity contribution in [3.8, 4) is 0 Å². The number of likely N-dealkylation sites (N-methyl/N-ethyl adjacent to an activating group) is 1. The number of carbonyl (C=O) groups is 2. The molecule has 2 amide bonds. The molecule has 1 atom stereocenters. The normalized spacial score (nSPS) is 12.1. The van der Waals surface area contributed by atoms with Crippen LogP contribution in [0.15, 0.2) is 35.7 Å². The zero-order valence-electron chi connectivity index (χ0n) is 13.9. The Morgan fingerprint density at radius 1 is 1.25 bits per heavy atom. The molecular weight excluding hydrogens is 324 g/mol. The van der Waals surface area contributed by atoms with E-state index >= 15 is 0 Å². The molecular formula is C17H22N4O2S. The summed E-state index contributed by atoms with van der Waals surface area (Å²) in [6.07, 6.45) is 0.0739. The Kier molecular flexibility index (Phi) is 6.45. The molecule has 24 heavy (non-hydrogen) atoms. The van der Waals surface area contributed by atoms with E-state index in [1.807, 2.05) is 44.2 Å². The van der Waals surface area contributed by atoms with Gasteiger partial charge in [0.15, 0.2) is 5.13 Å². The van der Waals surface area contributed by atoms with E-state index in [2.05, 4.69) is 15.2 Å². The van der Waals surface area contributed by atoms with Crippen LogP contribution in [0.25, 0.3) is 0 Å². The summed E-state index contributed by atoms with van der Waals surface area (Å²) >= 11 is 1.29. The van der Waals surface area contributed by atoms with Gasteiger partial charge in [-0.15, -0.1) is 11.3 Å². The number of anilines is 1. The Labute approximate surface area is 145 Å². The zero-order chi connectivity index (χ0) is 17.5. The van der Waals surface area contributed by atoms with Gasteiger partial charge in [0.05, 0.1) is 12.1 Å². The Balaban J connectivity index is 2.18. The van der Waals surface area contributed by atoms with Crippen LogP contribution in [0.2, 0.25) is 0 Å². The van der Waals surface area contributed by atoms with Crippen LogP contribution in [-0.2, 0) is 16.0 Å². The molecule has 0 fully saturated rings. The summed E-state index contributed by atoms with van der Waals surface area (Å²) in [6, 6.07) is 9.29. The number of nitrogens with two attached hydrogens (primary N) is 1. The molecule has 3 N–H and O–H groups in total. The van der Waals surface area contributed by atoms with Crippen molar-refractivity contribution in [1.29, 1.82) is 0 Å². The first-order valence-corrected chi connectivity index (χ1v) is 8.75. The van der Waals surface area contributed by atoms with E-state index in [-0.39, 0.29) is 18.4 Å². The highest BCUT2D eigenvalue weighted by molar-refractivity contribution is 7.13. The quantitative estimate of drug-likeness (QED) is 0.767. The highest BCUT2D eigenvalue weighted by Gasteiger charge is 2.26. The third-order valence-electron chi connectivity index (χ3n) is 3.68. The number of carbonyl (C=O) groups excluding carboxylic acids is 2. The third kappa shape index (κ3) is 4.62. The van der Waals surface area contributed by atoms with Gasteiger partial charge in [-0.3, -0.25) is 14.5 Å². The average molecular weight is 346 g/mol. The molecule has 0 aliphatic carbocycles. The first kappa shape index (κ1) is 18.1. The fourth-order valence-electron chi connectivity index (χ4n) is 2.55. The molecule has 0 aliphatic heterocycles. The molecule has 2 rings (SSSR count). The minimum Gasteiger partial charge on any atom is -0.369 e. The van der Waals surface area contributed by atoms with E-state index < -0.39 is 5.91 Å². The van der Waals surface area contributed by atoms with Crippen LogP contribution >= 0.6 is 11.3 Å². The number of nitrogens with zero attached hydrogens (tertiary/aromatic N) is 2. The van der Waals surface area contributed by atoms with Crippen molar-refractivity contribution < 1.29 is 9.59 Å². The molecule has 0 aliphatic rings. The minimum absolute atomic E-state index is 0.0739. The lowest BCUT2D eigenvalue weighted by molar-refractivity contribution is -0.121. The predicted molar refractivity (Wildman–Crippen MR) is 95.7 cm³/mol. The van der Waals surface area contributed by atoms with E-state index in [0.717, 1.165) is 18.7 Å². The summed E-state index contributed by atoms with van der Waals surface area (Å²) in [5.41, 5.74) is 6.68. The van der Waals surface area contributed by atoms with Crippen LogP contribution < -0.4 is 11.1 Å². The standard InChI is InChI=1S/C17H22N4O2S/c1-3-21(4-2)15(12-8-6-5-7-9-12)16(23)20-17-19-13(11-24-17)10-14(18)22/h5-9,11,15H,3-4,10H2,1-2H3,(H2,18,22)(H,19,20,23). The lowest BCUT2D eigenvalue weighted by atomic mass is 10.0. The first-order chi connectivity index (χ1) is 11.5. The molecule has 0 bridgehead atoms. The van der Waals surface area contributed by atoms with Crippen LogP contribution in [0.1, 0.15) is 31.1 Å². The monoisotopic (exact) mass is 346 g/mol. The number of thiazole rings is 1. The number of primary amides is 1. The van der Waals surface area contributed by atoms with Crippen LogP contribution in [-0.4, -0.2) is 34.8 Å². The zero-order valence-corrected chi connectivity index (χ0v) is 14.7. The van der Waals surface area contributed by atoms with Gasteiger partial charge in [0, 0.05) is 5.38 Å². The third-order valence-corrected chi connectivity index (χ3v) is 4.48. The minimum atomic E-state index is -0.441. The van der Waals surface area contributed by atoms with Gasteiger partial charge in [-0.25, -0.2) is 4.98 Å². The molecule has 0 saturated heterocycles. The molecule has 128 valence electrons. The van der Waals surface area contributed by atoms with E-state index in [9.17, 15) is 9.59 Å². The number of amides is 2. The number of nitrogens with one attached hydrogen (secondary N) is 1. The summed E-state index contributed by atoms with van der Waals surface area (Å²) in [7, 11) is 0.